The first kappa shape index (κ1) is 24.2. The van der Waals surface area contributed by atoms with E-state index in [2.05, 4.69) is 53.4 Å². The van der Waals surface area contributed by atoms with Gasteiger partial charge in [-0.2, -0.15) is 0 Å². The van der Waals surface area contributed by atoms with Crippen molar-refractivity contribution in [3.05, 3.63) is 138 Å². The number of amides is 1. The van der Waals surface area contributed by atoms with Gasteiger partial charge in [0.05, 0.1) is 12.5 Å². The predicted molar refractivity (Wildman–Crippen MR) is 141 cm³/mol. The highest BCUT2D eigenvalue weighted by Crippen LogP contribution is 2.37. The topological polar surface area (TPSA) is 55.6 Å². The van der Waals surface area contributed by atoms with Crippen LogP contribution in [0.2, 0.25) is 0 Å². The van der Waals surface area contributed by atoms with E-state index in [1.165, 1.54) is 11.1 Å². The molecular weight excluding hydrogens is 432 g/mol. The second kappa shape index (κ2) is 11.5. The molecule has 1 amide bonds. The van der Waals surface area contributed by atoms with E-state index in [9.17, 15) is 4.79 Å². The molecule has 0 saturated heterocycles. The molecule has 0 bridgehead atoms. The van der Waals surface area contributed by atoms with Crippen molar-refractivity contribution in [2.24, 2.45) is 5.73 Å². The minimum atomic E-state index is -0.959. The number of nitrogens with two attached hydrogens (primary N) is 1. The van der Waals surface area contributed by atoms with Crippen LogP contribution in [-0.2, 0) is 23.3 Å². The summed E-state index contributed by atoms with van der Waals surface area (Å²) in [5.74, 6) is 0.392. The normalized spacial score (nSPS) is 12.7. The SMILES string of the molecule is COc1ccc(C(CCN(Cc2ccccc2)Cc2ccccc2)(C(N)=O)c2ccccc2)cc1. The number of primary amides is 1. The van der Waals surface area contributed by atoms with Crippen molar-refractivity contribution in [1.29, 1.82) is 0 Å². The maximum absolute atomic E-state index is 13.3. The molecule has 4 heteroatoms. The molecule has 4 aromatic rings. The van der Waals surface area contributed by atoms with Crippen molar-refractivity contribution >= 4 is 5.91 Å². The second-order valence-corrected chi connectivity index (χ2v) is 8.80. The first-order valence-electron chi connectivity index (χ1n) is 11.9. The van der Waals surface area contributed by atoms with Crippen LogP contribution < -0.4 is 10.5 Å². The highest BCUT2D eigenvalue weighted by molar-refractivity contribution is 5.90. The Labute approximate surface area is 208 Å². The third kappa shape index (κ3) is 5.79. The van der Waals surface area contributed by atoms with Crippen LogP contribution in [-0.4, -0.2) is 24.5 Å². The number of hydrogen-bond donors (Lipinski definition) is 1. The fourth-order valence-corrected chi connectivity index (χ4v) is 4.68. The molecule has 0 fully saturated rings. The van der Waals surface area contributed by atoms with Crippen molar-refractivity contribution < 1.29 is 9.53 Å². The summed E-state index contributed by atoms with van der Waals surface area (Å²) < 4.78 is 5.35. The van der Waals surface area contributed by atoms with E-state index in [1.54, 1.807) is 7.11 Å². The molecule has 0 aliphatic carbocycles. The lowest BCUT2D eigenvalue weighted by Crippen LogP contribution is -2.44. The average molecular weight is 465 g/mol. The van der Waals surface area contributed by atoms with Crippen LogP contribution in [0.4, 0.5) is 0 Å². The molecule has 178 valence electrons. The zero-order valence-corrected chi connectivity index (χ0v) is 20.1. The molecule has 0 radical (unpaired) electrons. The quantitative estimate of drug-likeness (QED) is 0.316. The zero-order chi connectivity index (χ0) is 24.5. The fourth-order valence-electron chi connectivity index (χ4n) is 4.68. The van der Waals surface area contributed by atoms with Crippen molar-refractivity contribution in [2.45, 2.75) is 24.9 Å². The minimum Gasteiger partial charge on any atom is -0.497 e. The first-order chi connectivity index (χ1) is 17.1. The van der Waals surface area contributed by atoms with Crippen LogP contribution in [0.3, 0.4) is 0 Å². The maximum Gasteiger partial charge on any atom is 0.232 e. The number of nitrogens with zero attached hydrogens (tertiary/aromatic N) is 1. The molecule has 1 atom stereocenters. The number of methoxy groups -OCH3 is 1. The number of hydrogen-bond acceptors (Lipinski definition) is 3. The van der Waals surface area contributed by atoms with Crippen molar-refractivity contribution in [1.82, 2.24) is 4.90 Å². The molecule has 0 heterocycles. The Hall–Kier alpha value is -3.89. The Bertz CT molecular complexity index is 1150. The molecule has 0 aliphatic rings. The Morgan fingerprint density at radius 2 is 1.17 bits per heavy atom. The molecule has 4 rings (SSSR count). The van der Waals surface area contributed by atoms with Gasteiger partial charge < -0.3 is 10.5 Å². The standard InChI is InChI=1S/C31H32N2O2/c1-35-29-19-17-28(18-20-29)31(30(32)34,27-15-9-4-10-16-27)21-22-33(23-25-11-5-2-6-12-25)24-26-13-7-3-8-14-26/h2-20H,21-24H2,1H3,(H2,32,34). The highest BCUT2D eigenvalue weighted by Gasteiger charge is 2.40. The Morgan fingerprint density at radius 1 is 0.714 bits per heavy atom. The van der Waals surface area contributed by atoms with E-state index in [1.807, 2.05) is 66.7 Å². The molecule has 0 aromatic heterocycles. The number of benzene rings is 4. The van der Waals surface area contributed by atoms with Crippen LogP contribution in [0.25, 0.3) is 0 Å². The molecule has 0 saturated carbocycles. The fraction of sp³-hybridized carbons (Fsp3) is 0.194. The third-order valence-electron chi connectivity index (χ3n) is 6.57. The summed E-state index contributed by atoms with van der Waals surface area (Å²) in [5, 5.41) is 0. The van der Waals surface area contributed by atoms with Crippen LogP contribution in [0.5, 0.6) is 5.75 Å². The number of rotatable bonds is 11. The number of carbonyl (C=O) groups is 1. The molecule has 2 N–H and O–H groups in total. The highest BCUT2D eigenvalue weighted by atomic mass is 16.5. The maximum atomic E-state index is 13.3. The molecule has 0 aliphatic heterocycles. The Morgan fingerprint density at radius 3 is 1.63 bits per heavy atom. The third-order valence-corrected chi connectivity index (χ3v) is 6.57. The minimum absolute atomic E-state index is 0.353. The van der Waals surface area contributed by atoms with Gasteiger partial charge >= 0.3 is 0 Å². The van der Waals surface area contributed by atoms with E-state index < -0.39 is 5.41 Å². The van der Waals surface area contributed by atoms with Gasteiger partial charge in [-0.15, -0.1) is 0 Å². The van der Waals surface area contributed by atoms with Crippen LogP contribution >= 0.6 is 0 Å². The lowest BCUT2D eigenvalue weighted by atomic mass is 9.71. The van der Waals surface area contributed by atoms with Crippen LogP contribution in [0.15, 0.2) is 115 Å². The van der Waals surface area contributed by atoms with Gasteiger partial charge in [0, 0.05) is 19.6 Å². The van der Waals surface area contributed by atoms with Crippen molar-refractivity contribution in [3.8, 4) is 5.75 Å². The average Bonchev–Trinajstić information content (AvgIpc) is 2.91. The smallest absolute Gasteiger partial charge is 0.232 e. The van der Waals surface area contributed by atoms with Gasteiger partial charge in [0.1, 0.15) is 5.75 Å². The molecule has 0 spiro atoms. The van der Waals surface area contributed by atoms with Gasteiger partial charge in [0.25, 0.3) is 0 Å². The summed E-state index contributed by atoms with van der Waals surface area (Å²) in [6.07, 6.45) is 0.554. The van der Waals surface area contributed by atoms with Gasteiger partial charge in [-0.05, 0) is 40.8 Å². The summed E-state index contributed by atoms with van der Waals surface area (Å²) in [4.78, 5) is 15.7. The molecule has 4 nitrogen and oxygen atoms in total. The summed E-state index contributed by atoms with van der Waals surface area (Å²) in [6, 6.07) is 38.4. The number of carbonyl (C=O) groups excluding carboxylic acids is 1. The molecule has 35 heavy (non-hydrogen) atoms. The second-order valence-electron chi connectivity index (χ2n) is 8.80. The predicted octanol–water partition coefficient (Wildman–Crippen LogP) is 5.56. The lowest BCUT2D eigenvalue weighted by Gasteiger charge is -2.34. The summed E-state index contributed by atoms with van der Waals surface area (Å²) in [7, 11) is 1.64. The van der Waals surface area contributed by atoms with Crippen molar-refractivity contribution in [3.63, 3.8) is 0 Å². The first-order valence-corrected chi connectivity index (χ1v) is 11.9. The summed E-state index contributed by atoms with van der Waals surface area (Å²) >= 11 is 0. The molecular formula is C31H32N2O2. The summed E-state index contributed by atoms with van der Waals surface area (Å²) in [5.41, 5.74) is 9.49. The molecule has 1 unspecified atom stereocenters. The monoisotopic (exact) mass is 464 g/mol. The number of ether oxygens (including phenoxy) is 1. The van der Waals surface area contributed by atoms with Crippen molar-refractivity contribution in [2.75, 3.05) is 13.7 Å². The van der Waals surface area contributed by atoms with Gasteiger partial charge in [-0.3, -0.25) is 9.69 Å². The molecule has 4 aromatic carbocycles. The van der Waals surface area contributed by atoms with Crippen LogP contribution in [0.1, 0.15) is 28.7 Å². The van der Waals surface area contributed by atoms with E-state index in [0.717, 1.165) is 30.0 Å². The van der Waals surface area contributed by atoms with Gasteiger partial charge in [-0.1, -0.05) is 103 Å². The van der Waals surface area contributed by atoms with Crippen LogP contribution in [0, 0.1) is 0 Å². The summed E-state index contributed by atoms with van der Waals surface area (Å²) in [6.45, 7) is 2.25. The van der Waals surface area contributed by atoms with Gasteiger partial charge in [0.2, 0.25) is 5.91 Å². The zero-order valence-electron chi connectivity index (χ0n) is 20.1. The van der Waals surface area contributed by atoms with E-state index >= 15 is 0 Å². The van der Waals surface area contributed by atoms with E-state index in [0.29, 0.717) is 13.0 Å². The largest absolute Gasteiger partial charge is 0.497 e. The van der Waals surface area contributed by atoms with E-state index in [-0.39, 0.29) is 5.91 Å². The Balaban J connectivity index is 1.69. The van der Waals surface area contributed by atoms with Gasteiger partial charge in [-0.25, -0.2) is 0 Å². The van der Waals surface area contributed by atoms with E-state index in [4.69, 9.17) is 10.5 Å². The lowest BCUT2D eigenvalue weighted by molar-refractivity contribution is -0.122. The van der Waals surface area contributed by atoms with Gasteiger partial charge in [0.15, 0.2) is 0 Å². The Kier molecular flexibility index (Phi) is 7.96.